The summed E-state index contributed by atoms with van der Waals surface area (Å²) in [5, 5.41) is 14.6. The first-order valence-electron chi connectivity index (χ1n) is 18.5. The highest BCUT2D eigenvalue weighted by atomic mass is 35.5. The van der Waals surface area contributed by atoms with E-state index in [1.54, 1.807) is 36.9 Å². The molecule has 15 nitrogen and oxygen atoms in total. The van der Waals surface area contributed by atoms with Crippen molar-refractivity contribution in [1.29, 1.82) is 0 Å². The highest BCUT2D eigenvalue weighted by Crippen LogP contribution is 2.32. The summed E-state index contributed by atoms with van der Waals surface area (Å²) in [6.45, 7) is 2.94. The van der Waals surface area contributed by atoms with Crippen LogP contribution in [0.15, 0.2) is 49.3 Å². The van der Waals surface area contributed by atoms with Crippen LogP contribution in [0.4, 0.5) is 20.4 Å². The fraction of sp³-hybridized carbons (Fsp3) is 0.368. The summed E-state index contributed by atoms with van der Waals surface area (Å²) < 4.78 is 28.8. The van der Waals surface area contributed by atoms with Crippen LogP contribution in [0.25, 0.3) is 44.8 Å². The summed E-state index contributed by atoms with van der Waals surface area (Å²) in [4.78, 5) is 54.3. The zero-order valence-electron chi connectivity index (χ0n) is 31.1. The quantitative estimate of drug-likeness (QED) is 0.0809. The minimum absolute atomic E-state index is 0.0296. The number of nitrogens with one attached hydrogen (secondary N) is 6. The van der Waals surface area contributed by atoms with Crippen LogP contribution in [-0.4, -0.2) is 75.5 Å². The molecule has 298 valence electrons. The van der Waals surface area contributed by atoms with Crippen LogP contribution in [0, 0.1) is 11.6 Å². The summed E-state index contributed by atoms with van der Waals surface area (Å²) in [5.41, 5.74) is 8.17. The fourth-order valence-electron chi connectivity index (χ4n) is 7.54. The van der Waals surface area contributed by atoms with Crippen LogP contribution in [0.2, 0.25) is 10.0 Å². The molecule has 2 amide bonds. The summed E-state index contributed by atoms with van der Waals surface area (Å²) in [7, 11) is 0. The summed E-state index contributed by atoms with van der Waals surface area (Å²) in [5.74, 6) is -0.324. The maximum absolute atomic E-state index is 14.4. The van der Waals surface area contributed by atoms with E-state index < -0.39 is 17.3 Å². The van der Waals surface area contributed by atoms with Gasteiger partial charge in [-0.15, -0.1) is 0 Å². The lowest BCUT2D eigenvalue weighted by Gasteiger charge is -2.38. The zero-order chi connectivity index (χ0) is 40.3. The van der Waals surface area contributed by atoms with Gasteiger partial charge in [-0.2, -0.15) is 0 Å². The molecule has 2 aliphatic rings. The number of rotatable bonds is 8. The first kappa shape index (κ1) is 39.7. The molecule has 8 N–H and O–H groups in total. The van der Waals surface area contributed by atoms with Crippen molar-refractivity contribution >= 4 is 68.7 Å². The molecule has 0 bridgehead atoms. The van der Waals surface area contributed by atoms with Gasteiger partial charge in [0.2, 0.25) is 11.8 Å². The Bertz CT molecular complexity index is 2430. The van der Waals surface area contributed by atoms with Crippen LogP contribution in [0.5, 0.6) is 0 Å². The molecule has 6 aromatic rings. The second-order valence-corrected chi connectivity index (χ2v) is 15.3. The van der Waals surface area contributed by atoms with Crippen LogP contribution >= 0.6 is 23.2 Å². The number of H-pyrrole nitrogens is 2. The Morgan fingerprint density at radius 1 is 0.754 bits per heavy atom. The fourth-order valence-corrected chi connectivity index (χ4v) is 7.86. The van der Waals surface area contributed by atoms with E-state index >= 15 is 0 Å². The first-order valence-corrected chi connectivity index (χ1v) is 19.3. The van der Waals surface area contributed by atoms with Gasteiger partial charge in [0.05, 0.1) is 28.1 Å². The monoisotopic (exact) mass is 819 g/mol. The lowest BCUT2D eigenvalue weighted by Crippen LogP contribution is -2.59. The number of fused-ring (bicyclic) bond motifs is 2. The van der Waals surface area contributed by atoms with E-state index in [0.717, 1.165) is 61.7 Å². The lowest BCUT2D eigenvalue weighted by atomic mass is 9.86. The third kappa shape index (κ3) is 9.55. The van der Waals surface area contributed by atoms with E-state index in [9.17, 15) is 18.4 Å². The number of pyridine rings is 2. The largest absolute Gasteiger partial charge is 0.365 e. The Balaban J connectivity index is 0.000000174. The van der Waals surface area contributed by atoms with Crippen LogP contribution < -0.4 is 27.0 Å². The second kappa shape index (κ2) is 16.9. The molecule has 0 aromatic carbocycles. The van der Waals surface area contributed by atoms with E-state index in [-0.39, 0.29) is 41.6 Å². The van der Waals surface area contributed by atoms with Crippen molar-refractivity contribution < 1.29 is 18.4 Å². The molecule has 4 atom stereocenters. The SMILES string of the molecule is CC(=O)NC1(N)CCCC(Nc2nc(-c3c[nH]c4ncc(Cl)cc34)ncc2F)C1.CC(=O)NC1CCCC(Nc2nc(-c3c[nH]c4ncc(Cl)cc34)ncc2F)C1. The van der Waals surface area contributed by atoms with Crippen molar-refractivity contribution in [2.24, 2.45) is 5.73 Å². The molecule has 2 saturated carbocycles. The molecule has 2 aliphatic carbocycles. The number of amides is 2. The van der Waals surface area contributed by atoms with Gasteiger partial charge in [0.25, 0.3) is 0 Å². The molecule has 0 radical (unpaired) electrons. The predicted octanol–water partition coefficient (Wildman–Crippen LogP) is 6.63. The Kier molecular flexibility index (Phi) is 11.8. The van der Waals surface area contributed by atoms with E-state index in [4.69, 9.17) is 28.9 Å². The molecule has 2 fully saturated rings. The third-order valence-corrected chi connectivity index (χ3v) is 10.4. The molecular weight excluding hydrogens is 779 g/mol. The van der Waals surface area contributed by atoms with Gasteiger partial charge in [0.1, 0.15) is 11.3 Å². The first-order chi connectivity index (χ1) is 27.3. The van der Waals surface area contributed by atoms with Gasteiger partial charge in [-0.1, -0.05) is 23.2 Å². The number of aromatic nitrogens is 8. The van der Waals surface area contributed by atoms with Crippen molar-refractivity contribution in [2.45, 2.75) is 89.0 Å². The minimum Gasteiger partial charge on any atom is -0.365 e. The molecular formula is C38H41Cl2F2N13O2. The number of carbonyl (C=O) groups excluding carboxylic acids is 2. The Morgan fingerprint density at radius 2 is 1.28 bits per heavy atom. The number of nitrogens with two attached hydrogens (primary N) is 1. The molecule has 6 aromatic heterocycles. The third-order valence-electron chi connectivity index (χ3n) is 9.94. The average Bonchev–Trinajstić information content (AvgIpc) is 3.77. The summed E-state index contributed by atoms with van der Waals surface area (Å²) in [6, 6.07) is 3.52. The maximum atomic E-state index is 14.4. The number of hydrogen-bond donors (Lipinski definition) is 7. The van der Waals surface area contributed by atoms with Crippen LogP contribution in [0.1, 0.15) is 65.2 Å². The van der Waals surface area contributed by atoms with Gasteiger partial charge >= 0.3 is 0 Å². The Morgan fingerprint density at radius 3 is 1.82 bits per heavy atom. The maximum Gasteiger partial charge on any atom is 0.218 e. The van der Waals surface area contributed by atoms with Gasteiger partial charge < -0.3 is 37.0 Å². The Labute approximate surface area is 335 Å². The number of anilines is 2. The van der Waals surface area contributed by atoms with Crippen LogP contribution in [-0.2, 0) is 9.59 Å². The zero-order valence-corrected chi connectivity index (χ0v) is 32.6. The molecule has 19 heteroatoms. The van der Waals surface area contributed by atoms with E-state index in [1.165, 1.54) is 13.8 Å². The number of aromatic amines is 2. The predicted molar refractivity (Wildman–Crippen MR) is 214 cm³/mol. The van der Waals surface area contributed by atoms with Gasteiger partial charge in [0.15, 0.2) is 34.9 Å². The molecule has 8 rings (SSSR count). The number of nitrogens with zero attached hydrogens (tertiary/aromatic N) is 6. The van der Waals surface area contributed by atoms with Gasteiger partial charge in [-0.25, -0.2) is 38.7 Å². The molecule has 4 unspecified atom stereocenters. The van der Waals surface area contributed by atoms with Crippen molar-refractivity contribution in [3.63, 3.8) is 0 Å². The number of halogens is 4. The number of carbonyl (C=O) groups is 2. The van der Waals surface area contributed by atoms with Crippen molar-refractivity contribution in [1.82, 2.24) is 50.5 Å². The lowest BCUT2D eigenvalue weighted by molar-refractivity contribution is -0.121. The van der Waals surface area contributed by atoms with E-state index in [2.05, 4.69) is 61.1 Å². The van der Waals surface area contributed by atoms with Crippen LogP contribution in [0.3, 0.4) is 0 Å². The molecule has 6 heterocycles. The molecule has 0 saturated heterocycles. The highest BCUT2D eigenvalue weighted by molar-refractivity contribution is 6.31. The Hall–Kier alpha value is -5.52. The van der Waals surface area contributed by atoms with E-state index in [0.29, 0.717) is 57.0 Å². The molecule has 0 spiro atoms. The molecule has 0 aliphatic heterocycles. The summed E-state index contributed by atoms with van der Waals surface area (Å²) in [6.07, 6.45) is 15.1. The second-order valence-electron chi connectivity index (χ2n) is 14.5. The standard InChI is InChI=1S/C19H21ClFN7O.C19H20ClFN6O/c1-10(29)28-19(22)4-2-3-12(6-19)26-18-15(21)9-25-17(27-18)14-8-24-16-13(14)5-11(20)7-23-16;1-10(28)25-12-3-2-4-13(6-12)26-19-16(21)9-24-18(27-19)15-8-23-17-14(15)5-11(20)7-22-17/h5,7-9,12H,2-4,6,22H2,1H3,(H,23,24)(H,28,29)(H,25,26,27);5,7-9,12-13H,2-4,6H2,1H3,(H,22,23)(H,25,28)(H,24,26,27). The van der Waals surface area contributed by atoms with E-state index in [1.807, 2.05) is 0 Å². The highest BCUT2D eigenvalue weighted by Gasteiger charge is 2.34. The van der Waals surface area contributed by atoms with Crippen molar-refractivity contribution in [3.8, 4) is 22.8 Å². The molecule has 57 heavy (non-hydrogen) atoms. The smallest absolute Gasteiger partial charge is 0.218 e. The minimum atomic E-state index is -0.812. The van der Waals surface area contributed by atoms with Crippen molar-refractivity contribution in [2.75, 3.05) is 10.6 Å². The number of hydrogen-bond acceptors (Lipinski definition) is 11. The van der Waals surface area contributed by atoms with Gasteiger partial charge in [-0.05, 0) is 57.1 Å². The summed E-state index contributed by atoms with van der Waals surface area (Å²) >= 11 is 12.1. The topological polar surface area (TPSA) is 217 Å². The normalized spacial score (nSPS) is 20.7. The van der Waals surface area contributed by atoms with Crippen molar-refractivity contribution in [3.05, 3.63) is 71.0 Å². The van der Waals surface area contributed by atoms with Gasteiger partial charge in [0, 0.05) is 85.1 Å². The van der Waals surface area contributed by atoms with Gasteiger partial charge in [-0.3, -0.25) is 9.59 Å². The average molecular weight is 821 g/mol.